The summed E-state index contributed by atoms with van der Waals surface area (Å²) in [6, 6.07) is 0. The third-order valence-electron chi connectivity index (χ3n) is 7.94. The molecule has 0 bridgehead atoms. The molecule has 0 heterocycles. The van der Waals surface area contributed by atoms with Crippen molar-refractivity contribution in [3.63, 3.8) is 0 Å². The van der Waals surface area contributed by atoms with Crippen LogP contribution in [0, 0.1) is 0 Å². The van der Waals surface area contributed by atoms with E-state index < -0.39 is 5.97 Å². The second-order valence-corrected chi connectivity index (χ2v) is 12.4. The van der Waals surface area contributed by atoms with Gasteiger partial charge in [0.15, 0.2) is 0 Å². The van der Waals surface area contributed by atoms with Gasteiger partial charge >= 0.3 is 11.9 Å². The summed E-state index contributed by atoms with van der Waals surface area (Å²) in [7, 11) is 0. The molecule has 46 heavy (non-hydrogen) atoms. The molecular formula is C42H70O4. The minimum atomic E-state index is -0.720. The number of rotatable bonds is 33. The molecule has 0 aliphatic carbocycles. The van der Waals surface area contributed by atoms with Crippen LogP contribution in [0.3, 0.4) is 0 Å². The fourth-order valence-electron chi connectivity index (χ4n) is 5.19. The Morgan fingerprint density at radius 3 is 1.39 bits per heavy atom. The molecule has 0 amide bonds. The number of allylic oxidation sites excluding steroid dienone is 12. The summed E-state index contributed by atoms with van der Waals surface area (Å²) >= 11 is 0. The van der Waals surface area contributed by atoms with E-state index in [1.165, 1.54) is 44.9 Å². The van der Waals surface area contributed by atoms with Gasteiger partial charge in [0.1, 0.15) is 6.10 Å². The summed E-state index contributed by atoms with van der Waals surface area (Å²) < 4.78 is 5.92. The lowest BCUT2D eigenvalue weighted by Gasteiger charge is -2.18. The summed E-state index contributed by atoms with van der Waals surface area (Å²) in [5, 5.41) is 8.82. The number of hydrogen-bond donors (Lipinski definition) is 1. The third-order valence-corrected chi connectivity index (χ3v) is 7.94. The molecule has 0 aromatic rings. The molecule has 0 fully saturated rings. The summed E-state index contributed by atoms with van der Waals surface area (Å²) in [6.45, 7) is 4.41. The van der Waals surface area contributed by atoms with Crippen molar-refractivity contribution >= 4 is 11.9 Å². The highest BCUT2D eigenvalue weighted by Crippen LogP contribution is 2.18. The number of hydrogen-bond acceptors (Lipinski definition) is 3. The molecule has 0 aromatic heterocycles. The number of carbonyl (C=O) groups is 2. The average molecular weight is 639 g/mol. The molecular weight excluding hydrogens is 568 g/mol. The Morgan fingerprint density at radius 1 is 0.500 bits per heavy atom. The zero-order valence-corrected chi connectivity index (χ0v) is 29.9. The van der Waals surface area contributed by atoms with Gasteiger partial charge in [-0.25, -0.2) is 0 Å². The Hall–Kier alpha value is -2.62. The second kappa shape index (κ2) is 36.8. The number of unbranched alkanes of at least 4 members (excludes halogenated alkanes) is 12. The van der Waals surface area contributed by atoms with Gasteiger partial charge in [-0.2, -0.15) is 0 Å². The van der Waals surface area contributed by atoms with Gasteiger partial charge in [-0.05, 0) is 89.9 Å². The molecule has 4 nitrogen and oxygen atoms in total. The summed E-state index contributed by atoms with van der Waals surface area (Å²) in [5.41, 5.74) is 0. The van der Waals surface area contributed by atoms with Crippen LogP contribution in [0.2, 0.25) is 0 Å². The first-order valence-electron chi connectivity index (χ1n) is 18.9. The Labute approximate surface area is 284 Å². The van der Waals surface area contributed by atoms with Crippen LogP contribution >= 0.6 is 0 Å². The molecule has 0 saturated heterocycles. The highest BCUT2D eigenvalue weighted by Gasteiger charge is 2.14. The number of carboxylic acids is 1. The smallest absolute Gasteiger partial charge is 0.306 e. The maximum absolute atomic E-state index is 12.6. The van der Waals surface area contributed by atoms with Crippen molar-refractivity contribution < 1.29 is 19.4 Å². The number of esters is 1. The van der Waals surface area contributed by atoms with Crippen LogP contribution in [0.1, 0.15) is 174 Å². The van der Waals surface area contributed by atoms with Gasteiger partial charge < -0.3 is 9.84 Å². The number of aliphatic carboxylic acids is 1. The molecule has 0 rings (SSSR count). The quantitative estimate of drug-likeness (QED) is 0.0441. The van der Waals surface area contributed by atoms with Gasteiger partial charge in [-0.3, -0.25) is 9.59 Å². The molecule has 0 radical (unpaired) electrons. The van der Waals surface area contributed by atoms with Crippen LogP contribution in [0.5, 0.6) is 0 Å². The predicted octanol–water partition coefficient (Wildman–Crippen LogP) is 13.1. The van der Waals surface area contributed by atoms with Crippen LogP contribution in [0.15, 0.2) is 72.9 Å². The Bertz CT molecular complexity index is 861. The molecule has 1 unspecified atom stereocenters. The lowest BCUT2D eigenvalue weighted by atomic mass is 10.0. The SMILES string of the molecule is CC/C=C\C/C=C\C/C=C\C/C=C\C/C=C\C/C=C\CCCCC(=O)OC(CCCCCCCCCC)CCCCCCC(=O)O. The van der Waals surface area contributed by atoms with Gasteiger partial charge in [-0.15, -0.1) is 0 Å². The molecule has 0 saturated carbocycles. The molecule has 0 spiro atoms. The standard InChI is InChI=1S/C42H70O4/c1-3-5-7-9-11-13-14-15-16-17-18-19-20-21-22-23-24-25-27-29-35-39-42(45)46-40(37-33-30-31-34-38-41(43)44)36-32-28-26-12-10-8-6-4-2/h5,7,11,13,15-16,18-19,21-22,24-25,40H,3-4,6,8-10,12,14,17,20,23,26-39H2,1-2H3,(H,43,44)/b7-5-,13-11-,16-15-,19-18-,22-21-,25-24-. The number of ether oxygens (including phenoxy) is 1. The minimum absolute atomic E-state index is 0.00966. The van der Waals surface area contributed by atoms with E-state index in [4.69, 9.17) is 9.84 Å². The molecule has 262 valence electrons. The monoisotopic (exact) mass is 639 g/mol. The highest BCUT2D eigenvalue weighted by molar-refractivity contribution is 5.69. The van der Waals surface area contributed by atoms with Gasteiger partial charge in [0.25, 0.3) is 0 Å². The fourth-order valence-corrected chi connectivity index (χ4v) is 5.19. The molecule has 1 atom stereocenters. The first-order chi connectivity index (χ1) is 22.6. The van der Waals surface area contributed by atoms with Crippen molar-refractivity contribution in [1.29, 1.82) is 0 Å². The molecule has 4 heteroatoms. The van der Waals surface area contributed by atoms with Gasteiger partial charge in [0.2, 0.25) is 0 Å². The van der Waals surface area contributed by atoms with Crippen molar-refractivity contribution in [3.05, 3.63) is 72.9 Å². The van der Waals surface area contributed by atoms with Gasteiger partial charge in [-0.1, -0.05) is 145 Å². The van der Waals surface area contributed by atoms with E-state index in [1.54, 1.807) is 0 Å². The topological polar surface area (TPSA) is 63.6 Å². The third kappa shape index (κ3) is 35.9. The van der Waals surface area contributed by atoms with Crippen LogP contribution in [0.4, 0.5) is 0 Å². The predicted molar refractivity (Wildman–Crippen MR) is 199 cm³/mol. The Morgan fingerprint density at radius 2 is 0.913 bits per heavy atom. The van der Waals surface area contributed by atoms with Crippen LogP contribution in [0.25, 0.3) is 0 Å². The summed E-state index contributed by atoms with van der Waals surface area (Å²) in [5.74, 6) is -0.777. The largest absolute Gasteiger partial charge is 0.481 e. The molecule has 1 N–H and O–H groups in total. The van der Waals surface area contributed by atoms with E-state index in [0.717, 1.165) is 103 Å². The normalized spacial score (nSPS) is 13.1. The zero-order chi connectivity index (χ0) is 33.6. The highest BCUT2D eigenvalue weighted by atomic mass is 16.5. The van der Waals surface area contributed by atoms with Crippen molar-refractivity contribution in [2.24, 2.45) is 0 Å². The minimum Gasteiger partial charge on any atom is -0.481 e. The molecule has 0 aliphatic rings. The first kappa shape index (κ1) is 43.4. The summed E-state index contributed by atoms with van der Waals surface area (Å²) in [4.78, 5) is 23.3. The van der Waals surface area contributed by atoms with E-state index in [1.807, 2.05) is 0 Å². The van der Waals surface area contributed by atoms with Crippen LogP contribution in [-0.2, 0) is 14.3 Å². The molecule has 0 aliphatic heterocycles. The van der Waals surface area contributed by atoms with Crippen LogP contribution < -0.4 is 0 Å². The fraction of sp³-hybridized carbons (Fsp3) is 0.667. The van der Waals surface area contributed by atoms with E-state index in [0.29, 0.717) is 6.42 Å². The van der Waals surface area contributed by atoms with E-state index in [9.17, 15) is 9.59 Å². The summed E-state index contributed by atoms with van der Waals surface area (Å²) in [6.07, 6.45) is 52.0. The van der Waals surface area contributed by atoms with E-state index in [2.05, 4.69) is 86.8 Å². The maximum atomic E-state index is 12.6. The van der Waals surface area contributed by atoms with Gasteiger partial charge in [0.05, 0.1) is 0 Å². The van der Waals surface area contributed by atoms with E-state index >= 15 is 0 Å². The van der Waals surface area contributed by atoms with Crippen molar-refractivity contribution in [2.45, 2.75) is 180 Å². The lowest BCUT2D eigenvalue weighted by Crippen LogP contribution is -2.18. The Balaban J connectivity index is 4.05. The first-order valence-corrected chi connectivity index (χ1v) is 18.9. The Kier molecular flexibility index (Phi) is 34.7. The zero-order valence-electron chi connectivity index (χ0n) is 29.9. The molecule has 0 aromatic carbocycles. The number of carboxylic acid groups (broad SMARTS) is 1. The maximum Gasteiger partial charge on any atom is 0.306 e. The van der Waals surface area contributed by atoms with E-state index in [-0.39, 0.29) is 18.5 Å². The lowest BCUT2D eigenvalue weighted by molar-refractivity contribution is -0.150. The second-order valence-electron chi connectivity index (χ2n) is 12.4. The van der Waals surface area contributed by atoms with Crippen molar-refractivity contribution in [3.8, 4) is 0 Å². The van der Waals surface area contributed by atoms with Gasteiger partial charge in [0, 0.05) is 12.8 Å². The van der Waals surface area contributed by atoms with Crippen molar-refractivity contribution in [1.82, 2.24) is 0 Å². The van der Waals surface area contributed by atoms with Crippen molar-refractivity contribution in [2.75, 3.05) is 0 Å². The van der Waals surface area contributed by atoms with Crippen LogP contribution in [-0.4, -0.2) is 23.1 Å². The average Bonchev–Trinajstić information content (AvgIpc) is 3.04. The number of carbonyl (C=O) groups excluding carboxylic acids is 1.